The summed E-state index contributed by atoms with van der Waals surface area (Å²) in [4.78, 5) is 13.8. The third-order valence-corrected chi connectivity index (χ3v) is 3.87. The minimum atomic E-state index is 0.258. The van der Waals surface area contributed by atoms with E-state index in [0.29, 0.717) is 18.4 Å². The first kappa shape index (κ1) is 10.6. The van der Waals surface area contributed by atoms with Crippen LogP contribution in [0.4, 0.5) is 5.69 Å². The van der Waals surface area contributed by atoms with Crippen molar-refractivity contribution >= 4 is 11.5 Å². The van der Waals surface area contributed by atoms with Gasteiger partial charge >= 0.3 is 0 Å². The molecule has 2 heterocycles. The number of hydrogen-bond acceptors (Lipinski definition) is 2. The molecule has 3 rings (SSSR count). The largest absolute Gasteiger partial charge is 0.344 e. The summed E-state index contributed by atoms with van der Waals surface area (Å²) < 4.78 is 0. The molecule has 0 fully saturated rings. The van der Waals surface area contributed by atoms with E-state index in [0.717, 1.165) is 6.42 Å². The van der Waals surface area contributed by atoms with Crippen LogP contribution >= 0.6 is 0 Å². The van der Waals surface area contributed by atoms with E-state index in [4.69, 9.17) is 0 Å². The molecule has 0 saturated carbocycles. The molecule has 0 N–H and O–H groups in total. The maximum absolute atomic E-state index is 11.5. The lowest BCUT2D eigenvalue weighted by atomic mass is 9.83. The second kappa shape index (κ2) is 3.73. The van der Waals surface area contributed by atoms with E-state index < -0.39 is 0 Å². The van der Waals surface area contributed by atoms with Crippen molar-refractivity contribution in [2.75, 3.05) is 4.90 Å². The number of anilines is 1. The fraction of sp³-hybridized carbons (Fsp3) is 0.400. The number of rotatable bonds is 0. The zero-order valence-electron chi connectivity index (χ0n) is 10.3. The molecule has 0 aromatic heterocycles. The number of aryl methyl sites for hydroxylation is 1. The highest BCUT2D eigenvalue weighted by Gasteiger charge is 2.32. The molecule has 88 valence electrons. The number of fused-ring (bicyclic) bond motifs is 3. The molecule has 1 aromatic rings. The molecular formula is C15H17NO. The molecule has 0 saturated heterocycles. The smallest absolute Gasteiger partial charge is 0.159 e. The molecule has 0 amide bonds. The van der Waals surface area contributed by atoms with E-state index in [2.05, 4.69) is 36.9 Å². The quantitative estimate of drug-likeness (QED) is 0.678. The molecular weight excluding hydrogens is 210 g/mol. The summed E-state index contributed by atoms with van der Waals surface area (Å²) in [6.45, 7) is 4.40. The molecule has 0 aliphatic carbocycles. The Labute approximate surface area is 102 Å². The first-order valence-electron chi connectivity index (χ1n) is 6.25. The molecule has 2 nitrogen and oxygen atoms in total. The van der Waals surface area contributed by atoms with Crippen LogP contribution in [0.25, 0.3) is 0 Å². The van der Waals surface area contributed by atoms with Crippen molar-refractivity contribution < 1.29 is 4.79 Å². The van der Waals surface area contributed by atoms with Gasteiger partial charge in [0.2, 0.25) is 0 Å². The van der Waals surface area contributed by atoms with Gasteiger partial charge in [0.25, 0.3) is 0 Å². The van der Waals surface area contributed by atoms with E-state index in [9.17, 15) is 4.79 Å². The van der Waals surface area contributed by atoms with Crippen LogP contribution in [0.1, 0.15) is 36.8 Å². The van der Waals surface area contributed by atoms with Crippen LogP contribution in [0.3, 0.4) is 0 Å². The molecule has 2 aliphatic rings. The van der Waals surface area contributed by atoms with Crippen molar-refractivity contribution in [2.45, 2.75) is 38.6 Å². The second-order valence-corrected chi connectivity index (χ2v) is 5.25. The van der Waals surface area contributed by atoms with Gasteiger partial charge in [-0.1, -0.05) is 24.6 Å². The van der Waals surface area contributed by atoms with E-state index >= 15 is 0 Å². The predicted octanol–water partition coefficient (Wildman–Crippen LogP) is 3.16. The van der Waals surface area contributed by atoms with Gasteiger partial charge in [0, 0.05) is 24.4 Å². The van der Waals surface area contributed by atoms with Crippen molar-refractivity contribution in [3.63, 3.8) is 0 Å². The van der Waals surface area contributed by atoms with Gasteiger partial charge in [0.1, 0.15) is 0 Å². The SMILES string of the molecule is Cc1ccc2c(c1)[C@@H](C)C[C@@H]1CC(=O)C=CN21. The highest BCUT2D eigenvalue weighted by atomic mass is 16.1. The van der Waals surface area contributed by atoms with Crippen LogP contribution in [0, 0.1) is 6.92 Å². The van der Waals surface area contributed by atoms with Crippen molar-refractivity contribution in [2.24, 2.45) is 0 Å². The van der Waals surface area contributed by atoms with Gasteiger partial charge in [0.15, 0.2) is 5.78 Å². The van der Waals surface area contributed by atoms with Gasteiger partial charge in [-0.25, -0.2) is 0 Å². The van der Waals surface area contributed by atoms with Gasteiger partial charge in [-0.05, 0) is 37.0 Å². The Morgan fingerprint density at radius 3 is 3.00 bits per heavy atom. The van der Waals surface area contributed by atoms with Gasteiger partial charge in [0.05, 0.1) is 0 Å². The topological polar surface area (TPSA) is 20.3 Å². The van der Waals surface area contributed by atoms with E-state index in [1.807, 2.05) is 6.20 Å². The van der Waals surface area contributed by atoms with Gasteiger partial charge in [-0.15, -0.1) is 0 Å². The van der Waals surface area contributed by atoms with Crippen LogP contribution in [0.5, 0.6) is 0 Å². The average molecular weight is 227 g/mol. The number of nitrogens with zero attached hydrogens (tertiary/aromatic N) is 1. The summed E-state index contributed by atoms with van der Waals surface area (Å²) in [5.74, 6) is 0.805. The summed E-state index contributed by atoms with van der Waals surface area (Å²) in [6, 6.07) is 6.98. The summed E-state index contributed by atoms with van der Waals surface area (Å²) in [5.41, 5.74) is 4.01. The number of allylic oxidation sites excluding steroid dienone is 1. The number of ketones is 1. The molecule has 2 heteroatoms. The molecule has 0 radical (unpaired) electrons. The fourth-order valence-electron chi connectivity index (χ4n) is 3.00. The van der Waals surface area contributed by atoms with E-state index in [-0.39, 0.29) is 5.78 Å². The lowest BCUT2D eigenvalue weighted by molar-refractivity contribution is -0.115. The van der Waals surface area contributed by atoms with Gasteiger partial charge in [-0.3, -0.25) is 4.79 Å². The monoisotopic (exact) mass is 227 g/mol. The standard InChI is InChI=1S/C15H17NO/c1-10-3-4-15-14(7-10)11(2)8-12-9-13(17)5-6-16(12)15/h3-7,11-12H,8-9H2,1-2H3/t11-,12+/m0/s1. The van der Waals surface area contributed by atoms with Crippen LogP contribution in [-0.4, -0.2) is 11.8 Å². The van der Waals surface area contributed by atoms with Crippen LogP contribution in [-0.2, 0) is 4.79 Å². The van der Waals surface area contributed by atoms with Crippen LogP contribution in [0.15, 0.2) is 30.5 Å². The fourth-order valence-corrected chi connectivity index (χ4v) is 3.00. The Bertz CT molecular complexity index is 504. The zero-order chi connectivity index (χ0) is 12.0. The first-order valence-corrected chi connectivity index (χ1v) is 6.25. The summed E-state index contributed by atoms with van der Waals surface area (Å²) in [7, 11) is 0. The minimum Gasteiger partial charge on any atom is -0.344 e. The molecule has 0 spiro atoms. The van der Waals surface area contributed by atoms with E-state index in [1.165, 1.54) is 16.8 Å². The van der Waals surface area contributed by atoms with Gasteiger partial charge in [-0.2, -0.15) is 0 Å². The Hall–Kier alpha value is -1.57. The maximum Gasteiger partial charge on any atom is 0.159 e. The molecule has 2 atom stereocenters. The summed E-state index contributed by atoms with van der Waals surface area (Å²) >= 11 is 0. The number of carbonyl (C=O) groups is 1. The third-order valence-electron chi connectivity index (χ3n) is 3.87. The molecule has 2 aliphatic heterocycles. The van der Waals surface area contributed by atoms with Crippen molar-refractivity contribution in [1.82, 2.24) is 0 Å². The molecule has 0 unspecified atom stereocenters. The Morgan fingerprint density at radius 1 is 1.35 bits per heavy atom. The lowest BCUT2D eigenvalue weighted by Crippen LogP contribution is -2.40. The minimum absolute atomic E-state index is 0.258. The average Bonchev–Trinajstić information content (AvgIpc) is 2.29. The maximum atomic E-state index is 11.5. The third kappa shape index (κ3) is 1.68. The number of carbonyl (C=O) groups excluding carboxylic acids is 1. The Kier molecular flexibility index (Phi) is 2.32. The predicted molar refractivity (Wildman–Crippen MR) is 69.2 cm³/mol. The van der Waals surface area contributed by atoms with Crippen LogP contribution in [0.2, 0.25) is 0 Å². The molecule has 1 aromatic carbocycles. The summed E-state index contributed by atoms with van der Waals surface area (Å²) in [5, 5.41) is 0. The normalized spacial score (nSPS) is 26.7. The zero-order valence-corrected chi connectivity index (χ0v) is 10.3. The summed E-state index contributed by atoms with van der Waals surface area (Å²) in [6.07, 6.45) is 5.40. The number of benzene rings is 1. The highest BCUT2D eigenvalue weighted by Crippen LogP contribution is 2.40. The van der Waals surface area contributed by atoms with Crippen LogP contribution < -0.4 is 4.90 Å². The molecule has 17 heavy (non-hydrogen) atoms. The van der Waals surface area contributed by atoms with E-state index in [1.54, 1.807) is 6.08 Å². The Balaban J connectivity index is 2.10. The van der Waals surface area contributed by atoms with Crippen molar-refractivity contribution in [3.05, 3.63) is 41.6 Å². The van der Waals surface area contributed by atoms with Crippen molar-refractivity contribution in [1.29, 1.82) is 0 Å². The second-order valence-electron chi connectivity index (χ2n) is 5.25. The van der Waals surface area contributed by atoms with Gasteiger partial charge < -0.3 is 4.90 Å². The molecule has 0 bridgehead atoms. The van der Waals surface area contributed by atoms with Crippen molar-refractivity contribution in [3.8, 4) is 0 Å². The number of hydrogen-bond donors (Lipinski definition) is 0. The highest BCUT2D eigenvalue weighted by molar-refractivity contribution is 5.92. The Morgan fingerprint density at radius 2 is 2.18 bits per heavy atom. The lowest BCUT2D eigenvalue weighted by Gasteiger charge is -2.41. The first-order chi connectivity index (χ1) is 8.15.